The monoisotopic (exact) mass is 549 g/mol. The van der Waals surface area contributed by atoms with E-state index in [0.29, 0.717) is 22.8 Å². The maximum Gasteiger partial charge on any atom is 0.243 e. The highest BCUT2D eigenvalue weighted by Crippen LogP contribution is 2.32. The number of amides is 2. The maximum atomic E-state index is 12.8. The Morgan fingerprint density at radius 3 is 2.03 bits per heavy atom. The highest BCUT2D eigenvalue weighted by molar-refractivity contribution is 8.00. The molecule has 0 radical (unpaired) electrons. The fourth-order valence-electron chi connectivity index (χ4n) is 3.32. The van der Waals surface area contributed by atoms with E-state index in [1.54, 1.807) is 38.1 Å². The first-order chi connectivity index (χ1) is 18.2. The molecule has 3 rings (SSSR count). The van der Waals surface area contributed by atoms with E-state index in [2.05, 4.69) is 16.7 Å². The molecule has 0 heterocycles. The lowest BCUT2D eigenvalue weighted by Gasteiger charge is -2.23. The normalized spacial score (nSPS) is 10.8. The number of hydrogen-bond donors (Lipinski definition) is 2. The zero-order chi connectivity index (χ0) is 27.5. The average molecular weight is 550 g/mol. The van der Waals surface area contributed by atoms with Crippen molar-refractivity contribution in [2.75, 3.05) is 26.1 Å². The second kappa shape index (κ2) is 13.8. The van der Waals surface area contributed by atoms with Gasteiger partial charge in [0.1, 0.15) is 11.5 Å². The molecule has 198 valence electrons. The highest BCUT2D eigenvalue weighted by Gasteiger charge is 2.28. The van der Waals surface area contributed by atoms with Gasteiger partial charge in [-0.3, -0.25) is 9.59 Å². The van der Waals surface area contributed by atoms with Crippen molar-refractivity contribution in [3.63, 3.8) is 0 Å². The first kappa shape index (κ1) is 29.0. The van der Waals surface area contributed by atoms with Crippen molar-refractivity contribution in [2.24, 2.45) is 0 Å². The summed E-state index contributed by atoms with van der Waals surface area (Å²) in [4.78, 5) is 26.4. The molecule has 0 bridgehead atoms. The molecule has 2 N–H and O–H groups in total. The van der Waals surface area contributed by atoms with E-state index in [1.165, 1.54) is 11.8 Å². The molecule has 38 heavy (non-hydrogen) atoms. The number of nitrogens with zero attached hydrogens (tertiary/aromatic N) is 1. The molecule has 0 aromatic heterocycles. The Morgan fingerprint density at radius 2 is 1.47 bits per heavy atom. The summed E-state index contributed by atoms with van der Waals surface area (Å²) in [5, 5.41) is 14.9. The molecular weight excluding hydrogens is 518 g/mol. The van der Waals surface area contributed by atoms with Crippen molar-refractivity contribution in [3.05, 3.63) is 83.4 Å². The summed E-state index contributed by atoms with van der Waals surface area (Å²) < 4.78 is 9.65. The van der Waals surface area contributed by atoms with Gasteiger partial charge in [-0.1, -0.05) is 24.3 Å². The van der Waals surface area contributed by atoms with E-state index in [-0.39, 0.29) is 18.4 Å². The Labute approximate surface area is 232 Å². The summed E-state index contributed by atoms with van der Waals surface area (Å²) in [5.74, 6) is 2.29. The number of methoxy groups -OCH3 is 2. The van der Waals surface area contributed by atoms with Crippen LogP contribution in [0.5, 0.6) is 11.5 Å². The van der Waals surface area contributed by atoms with Gasteiger partial charge in [0.2, 0.25) is 11.8 Å². The Morgan fingerprint density at radius 1 is 0.895 bits per heavy atom. The lowest BCUT2D eigenvalue weighted by Crippen LogP contribution is -2.43. The minimum atomic E-state index is -0.736. The zero-order valence-electron chi connectivity index (χ0n) is 21.9. The van der Waals surface area contributed by atoms with Crippen LogP contribution < -0.4 is 20.1 Å². The zero-order valence-corrected chi connectivity index (χ0v) is 23.5. The number of anilines is 1. The number of carbonyl (C=O) groups is 2. The maximum absolute atomic E-state index is 12.8. The summed E-state index contributed by atoms with van der Waals surface area (Å²) in [7, 11) is 3.25. The topological polar surface area (TPSA) is 100 Å². The van der Waals surface area contributed by atoms with Gasteiger partial charge in [0.15, 0.2) is 0 Å². The SMILES string of the molecule is COc1ccc(CSc2ccc(C#N)cc2NC(=O)CNC(=O)C(C)(C)SCc2ccc(OC)cc2)cc1. The second-order valence-electron chi connectivity index (χ2n) is 8.84. The number of ether oxygens (including phenoxy) is 2. The number of rotatable bonds is 12. The number of nitrogens with one attached hydrogen (secondary N) is 2. The van der Waals surface area contributed by atoms with Crippen LogP contribution >= 0.6 is 23.5 Å². The third-order valence-electron chi connectivity index (χ3n) is 5.65. The Hall–Kier alpha value is -3.61. The lowest BCUT2D eigenvalue weighted by molar-refractivity contribution is -0.125. The predicted octanol–water partition coefficient (Wildman–Crippen LogP) is 5.63. The molecule has 0 unspecified atom stereocenters. The first-order valence-corrected chi connectivity index (χ1v) is 13.9. The third kappa shape index (κ3) is 8.47. The van der Waals surface area contributed by atoms with Gasteiger partial charge in [-0.05, 0) is 67.4 Å². The summed E-state index contributed by atoms with van der Waals surface area (Å²) >= 11 is 3.04. The number of carbonyl (C=O) groups excluding carboxylic acids is 2. The van der Waals surface area contributed by atoms with Gasteiger partial charge in [0.05, 0.1) is 42.8 Å². The smallest absolute Gasteiger partial charge is 0.243 e. The fourth-order valence-corrected chi connectivity index (χ4v) is 5.19. The second-order valence-corrected chi connectivity index (χ2v) is 11.5. The van der Waals surface area contributed by atoms with Crippen molar-refractivity contribution in [1.29, 1.82) is 5.26 Å². The van der Waals surface area contributed by atoms with Crippen molar-refractivity contribution < 1.29 is 19.1 Å². The Balaban J connectivity index is 1.56. The Bertz CT molecular complexity index is 1290. The van der Waals surface area contributed by atoms with Crippen LogP contribution in [0, 0.1) is 11.3 Å². The summed E-state index contributed by atoms with van der Waals surface area (Å²) in [6.07, 6.45) is 0. The van der Waals surface area contributed by atoms with Gasteiger partial charge in [0.25, 0.3) is 0 Å². The molecule has 0 fully saturated rings. The van der Waals surface area contributed by atoms with Crippen molar-refractivity contribution in [1.82, 2.24) is 5.32 Å². The summed E-state index contributed by atoms with van der Waals surface area (Å²) in [6, 6.07) is 22.8. The van der Waals surface area contributed by atoms with Crippen LogP contribution in [0.15, 0.2) is 71.6 Å². The molecule has 0 saturated heterocycles. The van der Waals surface area contributed by atoms with E-state index in [0.717, 1.165) is 27.5 Å². The molecule has 0 spiro atoms. The molecule has 9 heteroatoms. The van der Waals surface area contributed by atoms with E-state index >= 15 is 0 Å². The quantitative estimate of drug-likeness (QED) is 0.282. The van der Waals surface area contributed by atoms with Crippen molar-refractivity contribution in [2.45, 2.75) is 35.0 Å². The summed E-state index contributed by atoms with van der Waals surface area (Å²) in [6.45, 7) is 3.49. The lowest BCUT2D eigenvalue weighted by atomic mass is 10.2. The highest BCUT2D eigenvalue weighted by atomic mass is 32.2. The van der Waals surface area contributed by atoms with Crippen LogP contribution in [-0.4, -0.2) is 37.3 Å². The van der Waals surface area contributed by atoms with Crippen LogP contribution in [0.1, 0.15) is 30.5 Å². The standard InChI is InChI=1S/C29H31N3O4S2/c1-29(2,38-19-21-7-12-24(36-4)13-8-21)28(34)31-17-27(33)32-25-15-22(16-30)9-14-26(25)37-18-20-5-10-23(35-3)11-6-20/h5-15H,17-19H2,1-4H3,(H,31,34)(H,32,33). The van der Waals surface area contributed by atoms with Crippen LogP contribution in [0.2, 0.25) is 0 Å². The minimum Gasteiger partial charge on any atom is -0.497 e. The molecule has 0 aliphatic carbocycles. The predicted molar refractivity (Wildman–Crippen MR) is 154 cm³/mol. The minimum absolute atomic E-state index is 0.176. The first-order valence-electron chi connectivity index (χ1n) is 11.9. The molecular formula is C29H31N3O4S2. The van der Waals surface area contributed by atoms with Crippen LogP contribution in [0.3, 0.4) is 0 Å². The van der Waals surface area contributed by atoms with Gasteiger partial charge in [0, 0.05) is 16.4 Å². The van der Waals surface area contributed by atoms with E-state index < -0.39 is 4.75 Å². The third-order valence-corrected chi connectivity index (χ3v) is 8.18. The van der Waals surface area contributed by atoms with E-state index in [1.807, 2.05) is 68.4 Å². The molecule has 7 nitrogen and oxygen atoms in total. The molecule has 0 aliphatic heterocycles. The van der Waals surface area contributed by atoms with Crippen molar-refractivity contribution in [3.8, 4) is 17.6 Å². The molecule has 3 aromatic rings. The molecule has 2 amide bonds. The molecule has 3 aromatic carbocycles. The van der Waals surface area contributed by atoms with Crippen LogP contribution in [-0.2, 0) is 21.1 Å². The van der Waals surface area contributed by atoms with Gasteiger partial charge in [-0.2, -0.15) is 5.26 Å². The number of hydrogen-bond acceptors (Lipinski definition) is 7. The van der Waals surface area contributed by atoms with Gasteiger partial charge in [-0.15, -0.1) is 23.5 Å². The molecule has 0 aliphatic rings. The van der Waals surface area contributed by atoms with Crippen LogP contribution in [0.25, 0.3) is 0 Å². The number of thioether (sulfide) groups is 2. The largest absolute Gasteiger partial charge is 0.497 e. The van der Waals surface area contributed by atoms with Gasteiger partial charge < -0.3 is 20.1 Å². The number of benzene rings is 3. The van der Waals surface area contributed by atoms with Gasteiger partial charge in [-0.25, -0.2) is 0 Å². The molecule has 0 atom stereocenters. The van der Waals surface area contributed by atoms with E-state index in [4.69, 9.17) is 9.47 Å². The number of nitriles is 1. The fraction of sp³-hybridized carbons (Fsp3) is 0.276. The van der Waals surface area contributed by atoms with Gasteiger partial charge >= 0.3 is 0 Å². The molecule has 0 saturated carbocycles. The Kier molecular flexibility index (Phi) is 10.5. The van der Waals surface area contributed by atoms with Crippen molar-refractivity contribution >= 4 is 41.0 Å². The van der Waals surface area contributed by atoms with E-state index in [9.17, 15) is 14.9 Å². The average Bonchev–Trinajstić information content (AvgIpc) is 2.94. The van der Waals surface area contributed by atoms with Crippen LogP contribution in [0.4, 0.5) is 5.69 Å². The summed E-state index contributed by atoms with van der Waals surface area (Å²) in [5.41, 5.74) is 3.15.